The summed E-state index contributed by atoms with van der Waals surface area (Å²) in [5, 5.41) is 11.8. The summed E-state index contributed by atoms with van der Waals surface area (Å²) in [6, 6.07) is 4.03. The molecule has 0 aliphatic rings. The van der Waals surface area contributed by atoms with Crippen LogP contribution in [0.5, 0.6) is 5.75 Å². The van der Waals surface area contributed by atoms with Gasteiger partial charge < -0.3 is 15.6 Å². The lowest BCUT2D eigenvalue weighted by atomic mass is 10.1. The molecule has 0 spiro atoms. The summed E-state index contributed by atoms with van der Waals surface area (Å²) in [5.41, 5.74) is 5.04. The number of hydrogen-bond acceptors (Lipinski definition) is 5. The van der Waals surface area contributed by atoms with Gasteiger partial charge in [0.2, 0.25) is 0 Å². The number of phenols is 1. The summed E-state index contributed by atoms with van der Waals surface area (Å²) in [4.78, 5) is 23.3. The molecule has 104 valence electrons. The van der Waals surface area contributed by atoms with Crippen LogP contribution < -0.4 is 11.1 Å². The van der Waals surface area contributed by atoms with Gasteiger partial charge in [0.15, 0.2) is 5.78 Å². The van der Waals surface area contributed by atoms with E-state index in [0.717, 1.165) is 0 Å². The molecule has 1 aromatic rings. The molecule has 0 unspecified atom stereocenters. The van der Waals surface area contributed by atoms with E-state index in [0.29, 0.717) is 0 Å². The lowest BCUT2D eigenvalue weighted by molar-refractivity contribution is 0.0636. The Labute approximate surface area is 111 Å². The second kappa shape index (κ2) is 5.71. The van der Waals surface area contributed by atoms with E-state index in [1.807, 2.05) is 0 Å². The SMILES string of the molecule is CC(C)(C)OC(=O)Nc1ccc(O)cc1C(=O)CN. The van der Waals surface area contributed by atoms with Crippen molar-refractivity contribution in [2.24, 2.45) is 5.73 Å². The van der Waals surface area contributed by atoms with Crippen LogP contribution in [-0.4, -0.2) is 29.1 Å². The van der Waals surface area contributed by atoms with Gasteiger partial charge in [-0.15, -0.1) is 0 Å². The Morgan fingerprint density at radius 2 is 2.00 bits per heavy atom. The zero-order valence-electron chi connectivity index (χ0n) is 11.2. The minimum atomic E-state index is -0.677. The van der Waals surface area contributed by atoms with Gasteiger partial charge in [-0.05, 0) is 39.0 Å². The van der Waals surface area contributed by atoms with E-state index in [2.05, 4.69) is 5.32 Å². The molecular weight excluding hydrogens is 248 g/mol. The highest BCUT2D eigenvalue weighted by molar-refractivity contribution is 6.05. The number of benzene rings is 1. The fraction of sp³-hybridized carbons (Fsp3) is 0.385. The monoisotopic (exact) mass is 266 g/mol. The maximum absolute atomic E-state index is 11.6. The van der Waals surface area contributed by atoms with Crippen molar-refractivity contribution in [2.45, 2.75) is 26.4 Å². The summed E-state index contributed by atoms with van der Waals surface area (Å²) in [6.45, 7) is 4.98. The van der Waals surface area contributed by atoms with Crippen LogP contribution in [0.2, 0.25) is 0 Å². The molecule has 0 aliphatic carbocycles. The first kappa shape index (κ1) is 15.0. The molecule has 0 aromatic heterocycles. The van der Waals surface area contributed by atoms with Crippen LogP contribution in [0.15, 0.2) is 18.2 Å². The van der Waals surface area contributed by atoms with E-state index in [-0.39, 0.29) is 29.3 Å². The van der Waals surface area contributed by atoms with Gasteiger partial charge >= 0.3 is 6.09 Å². The highest BCUT2D eigenvalue weighted by Crippen LogP contribution is 2.22. The Kier molecular flexibility index (Phi) is 4.50. The van der Waals surface area contributed by atoms with Crippen LogP contribution in [0.1, 0.15) is 31.1 Å². The molecule has 19 heavy (non-hydrogen) atoms. The number of hydrogen-bond donors (Lipinski definition) is 3. The Bertz CT molecular complexity index is 492. The molecule has 6 nitrogen and oxygen atoms in total. The fourth-order valence-corrected chi connectivity index (χ4v) is 1.40. The van der Waals surface area contributed by atoms with Gasteiger partial charge in [-0.3, -0.25) is 10.1 Å². The molecule has 0 saturated carbocycles. The summed E-state index contributed by atoms with van der Waals surface area (Å²) in [7, 11) is 0. The summed E-state index contributed by atoms with van der Waals surface area (Å²) < 4.78 is 5.09. The van der Waals surface area contributed by atoms with Gasteiger partial charge in [0.1, 0.15) is 11.4 Å². The zero-order valence-corrected chi connectivity index (χ0v) is 11.2. The van der Waals surface area contributed by atoms with Gasteiger partial charge in [-0.1, -0.05) is 0 Å². The summed E-state index contributed by atoms with van der Waals surface area (Å²) in [6.07, 6.45) is -0.677. The van der Waals surface area contributed by atoms with Crippen molar-refractivity contribution >= 4 is 17.6 Å². The van der Waals surface area contributed by atoms with Crippen LogP contribution in [0.3, 0.4) is 0 Å². The summed E-state index contributed by atoms with van der Waals surface area (Å²) >= 11 is 0. The van der Waals surface area contributed by atoms with Crippen molar-refractivity contribution in [1.82, 2.24) is 0 Å². The molecule has 1 aromatic carbocycles. The summed E-state index contributed by atoms with van der Waals surface area (Å²) in [5.74, 6) is -0.464. The Balaban J connectivity index is 2.95. The molecule has 1 rings (SSSR count). The molecule has 0 radical (unpaired) electrons. The number of Topliss-reactive ketones (excluding diaryl/α,β-unsaturated/α-hetero) is 1. The number of anilines is 1. The third-order valence-electron chi connectivity index (χ3n) is 2.12. The van der Waals surface area contributed by atoms with Gasteiger partial charge in [-0.2, -0.15) is 0 Å². The molecule has 0 aliphatic heterocycles. The number of amides is 1. The van der Waals surface area contributed by atoms with E-state index < -0.39 is 11.7 Å². The van der Waals surface area contributed by atoms with E-state index >= 15 is 0 Å². The third kappa shape index (κ3) is 4.59. The van der Waals surface area contributed by atoms with Gasteiger partial charge in [0, 0.05) is 5.56 Å². The molecule has 0 bridgehead atoms. The molecule has 0 atom stereocenters. The number of ether oxygens (including phenoxy) is 1. The molecule has 1 amide bonds. The second-order valence-corrected chi connectivity index (χ2v) is 4.98. The number of nitrogens with one attached hydrogen (secondary N) is 1. The number of aromatic hydroxyl groups is 1. The van der Waals surface area contributed by atoms with Gasteiger partial charge in [0.05, 0.1) is 12.2 Å². The van der Waals surface area contributed by atoms with Crippen LogP contribution in [0.4, 0.5) is 10.5 Å². The van der Waals surface area contributed by atoms with Crippen LogP contribution in [0.25, 0.3) is 0 Å². The largest absolute Gasteiger partial charge is 0.508 e. The molecule has 0 heterocycles. The van der Waals surface area contributed by atoms with E-state index in [4.69, 9.17) is 10.5 Å². The average molecular weight is 266 g/mol. The number of carbonyl (C=O) groups is 2. The predicted molar refractivity (Wildman–Crippen MR) is 71.3 cm³/mol. The molecule has 4 N–H and O–H groups in total. The Hall–Kier alpha value is -2.08. The first-order chi connectivity index (χ1) is 8.73. The minimum Gasteiger partial charge on any atom is -0.508 e. The number of rotatable bonds is 3. The predicted octanol–water partition coefficient (Wildman–Crippen LogP) is 1.88. The number of nitrogens with two attached hydrogens (primary N) is 1. The maximum Gasteiger partial charge on any atom is 0.412 e. The van der Waals surface area contributed by atoms with E-state index in [9.17, 15) is 14.7 Å². The topological polar surface area (TPSA) is 102 Å². The standard InChI is InChI=1S/C13H18N2O4/c1-13(2,3)19-12(18)15-10-5-4-8(16)6-9(10)11(17)7-14/h4-6,16H,7,14H2,1-3H3,(H,15,18). The van der Waals surface area contributed by atoms with E-state index in [1.54, 1.807) is 20.8 Å². The van der Waals surface area contributed by atoms with Crippen LogP contribution in [0, 0.1) is 0 Å². The van der Waals surface area contributed by atoms with Crippen molar-refractivity contribution in [2.75, 3.05) is 11.9 Å². The molecular formula is C13H18N2O4. The Morgan fingerprint density at radius 3 is 2.53 bits per heavy atom. The lowest BCUT2D eigenvalue weighted by Crippen LogP contribution is -2.28. The molecule has 0 saturated heterocycles. The van der Waals surface area contributed by atoms with Gasteiger partial charge in [-0.25, -0.2) is 4.79 Å². The van der Waals surface area contributed by atoms with Gasteiger partial charge in [0.25, 0.3) is 0 Å². The third-order valence-corrected chi connectivity index (χ3v) is 2.12. The second-order valence-electron chi connectivity index (χ2n) is 4.98. The fourth-order valence-electron chi connectivity index (χ4n) is 1.40. The van der Waals surface area contributed by atoms with Crippen molar-refractivity contribution < 1.29 is 19.4 Å². The van der Waals surface area contributed by atoms with E-state index in [1.165, 1.54) is 18.2 Å². The number of phenolic OH excluding ortho intramolecular Hbond substituents is 1. The maximum atomic E-state index is 11.6. The Morgan fingerprint density at radius 1 is 1.37 bits per heavy atom. The zero-order chi connectivity index (χ0) is 14.6. The van der Waals surface area contributed by atoms with Crippen LogP contribution >= 0.6 is 0 Å². The number of ketones is 1. The first-order valence-electron chi connectivity index (χ1n) is 5.79. The quantitative estimate of drug-likeness (QED) is 0.572. The van der Waals surface area contributed by atoms with Crippen molar-refractivity contribution in [3.05, 3.63) is 23.8 Å². The van der Waals surface area contributed by atoms with Crippen LogP contribution in [-0.2, 0) is 4.74 Å². The average Bonchev–Trinajstić information content (AvgIpc) is 2.28. The smallest absolute Gasteiger partial charge is 0.412 e. The molecule has 0 fully saturated rings. The first-order valence-corrected chi connectivity index (χ1v) is 5.79. The normalized spacial score (nSPS) is 10.9. The molecule has 6 heteroatoms. The van der Waals surface area contributed by atoms with Crippen molar-refractivity contribution in [1.29, 1.82) is 0 Å². The van der Waals surface area contributed by atoms with Crippen molar-refractivity contribution in [3.8, 4) is 5.75 Å². The number of carbonyl (C=O) groups excluding carboxylic acids is 2. The minimum absolute atomic E-state index is 0.0773. The highest BCUT2D eigenvalue weighted by Gasteiger charge is 2.18. The highest BCUT2D eigenvalue weighted by atomic mass is 16.6. The van der Waals surface area contributed by atoms with Crippen molar-refractivity contribution in [3.63, 3.8) is 0 Å². The lowest BCUT2D eigenvalue weighted by Gasteiger charge is -2.20.